The Morgan fingerprint density at radius 3 is 2.35 bits per heavy atom. The molecule has 0 bridgehead atoms. The summed E-state index contributed by atoms with van der Waals surface area (Å²) in [5.74, 6) is 0.807. The number of aromatic nitrogens is 1. The highest BCUT2D eigenvalue weighted by Crippen LogP contribution is 2.25. The lowest BCUT2D eigenvalue weighted by atomic mass is 10.2. The Hall–Kier alpha value is -1.76. The zero-order valence-electron chi connectivity index (χ0n) is 8.42. The molecule has 0 amide bonds. The Morgan fingerprint density at radius 2 is 1.65 bits per heavy atom. The summed E-state index contributed by atoms with van der Waals surface area (Å²) in [6, 6.07) is 14.4. The van der Waals surface area contributed by atoms with Gasteiger partial charge in [0.25, 0.3) is 0 Å². The molecule has 3 rings (SSSR count). The lowest BCUT2D eigenvalue weighted by Crippen LogP contribution is -1.75. The third kappa shape index (κ3) is 2.19. The highest BCUT2D eigenvalue weighted by Gasteiger charge is 2.06. The Kier molecular flexibility index (Phi) is 3.19. The zero-order valence-corrected chi connectivity index (χ0v) is 8.42. The largest absolute Gasteiger partial charge is 0.508 e. The normalized spacial score (nSPS) is 10.1. The van der Waals surface area contributed by atoms with Gasteiger partial charge in [-0.15, -0.1) is 0 Å². The number of fused-ring (bicyclic) bond motifs is 1. The first-order valence-corrected chi connectivity index (χ1v) is 4.98. The van der Waals surface area contributed by atoms with E-state index >= 15 is 0 Å². The van der Waals surface area contributed by atoms with Crippen molar-refractivity contribution in [1.82, 2.24) is 4.98 Å². The highest BCUT2D eigenvalue weighted by molar-refractivity contribution is 5.76. The minimum Gasteiger partial charge on any atom is -0.508 e. The Balaban J connectivity index is 0.00000108. The monoisotopic (exact) mass is 241 g/mol. The first kappa shape index (κ1) is 11.7. The van der Waals surface area contributed by atoms with Gasteiger partial charge in [0.05, 0.1) is 0 Å². The van der Waals surface area contributed by atoms with Crippen LogP contribution in [0, 0.1) is 0 Å². The van der Waals surface area contributed by atoms with Gasteiger partial charge in [-0.05, 0) is 36.4 Å². The predicted octanol–water partition coefficient (Wildman–Crippen LogP) is 2.02. The summed E-state index contributed by atoms with van der Waals surface area (Å²) >= 11 is 0. The van der Waals surface area contributed by atoms with E-state index in [2.05, 4.69) is 4.98 Å². The molecule has 0 aliphatic carbocycles. The topological polar surface area (TPSA) is 46.3 Å². The fraction of sp³-hybridized carbons (Fsp3) is 0. The predicted molar refractivity (Wildman–Crippen MR) is 71.0 cm³/mol. The molecule has 1 heterocycles. The van der Waals surface area contributed by atoms with Crippen LogP contribution in [0.15, 0.2) is 52.9 Å². The van der Waals surface area contributed by atoms with Crippen LogP contribution >= 0.6 is 0 Å². The lowest BCUT2D eigenvalue weighted by molar-refractivity contribution is 0.475. The molecule has 1 aromatic heterocycles. The van der Waals surface area contributed by atoms with Gasteiger partial charge < -0.3 is 9.52 Å². The molecule has 2 aromatic carbocycles. The van der Waals surface area contributed by atoms with Gasteiger partial charge in [0.2, 0.25) is 5.89 Å². The summed E-state index contributed by atoms with van der Waals surface area (Å²) in [6.45, 7) is 0. The summed E-state index contributed by atoms with van der Waals surface area (Å²) < 4.78 is 5.60. The van der Waals surface area contributed by atoms with Gasteiger partial charge >= 0.3 is 0 Å². The average molecular weight is 241 g/mol. The number of hydrogen-bond donors (Lipinski definition) is 1. The zero-order chi connectivity index (χ0) is 11.0. The molecule has 17 heavy (non-hydrogen) atoms. The van der Waals surface area contributed by atoms with Crippen molar-refractivity contribution in [3.8, 4) is 17.2 Å². The van der Waals surface area contributed by atoms with E-state index in [1.807, 2.05) is 24.3 Å². The second-order valence-electron chi connectivity index (χ2n) is 3.53. The summed E-state index contributed by atoms with van der Waals surface area (Å²) in [6.07, 6.45) is 0. The van der Waals surface area contributed by atoms with E-state index < -0.39 is 0 Å². The van der Waals surface area contributed by atoms with Crippen molar-refractivity contribution in [3.63, 3.8) is 0 Å². The molecule has 84 valence electrons. The van der Waals surface area contributed by atoms with Gasteiger partial charge in [0.15, 0.2) is 22.9 Å². The van der Waals surface area contributed by atoms with Crippen molar-refractivity contribution in [1.29, 1.82) is 0 Å². The van der Waals surface area contributed by atoms with Gasteiger partial charge in [-0.2, -0.15) is 0 Å². The minimum absolute atomic E-state index is 0. The summed E-state index contributed by atoms with van der Waals surface area (Å²) in [5, 5.41) is 9.19. The van der Waals surface area contributed by atoms with E-state index in [4.69, 9.17) is 4.42 Å². The van der Waals surface area contributed by atoms with Gasteiger partial charge in [-0.1, -0.05) is 12.1 Å². The second kappa shape index (κ2) is 4.62. The number of phenols is 1. The van der Waals surface area contributed by atoms with Crippen molar-refractivity contribution in [3.05, 3.63) is 48.5 Å². The lowest BCUT2D eigenvalue weighted by Gasteiger charge is -1.94. The van der Waals surface area contributed by atoms with E-state index in [0.29, 0.717) is 5.89 Å². The third-order valence-corrected chi connectivity index (χ3v) is 2.41. The number of para-hydroxylation sites is 2. The molecule has 0 saturated heterocycles. The third-order valence-electron chi connectivity index (χ3n) is 2.41. The molecular weight excluding hydrogens is 229 g/mol. The molecule has 0 aliphatic rings. The maximum Gasteiger partial charge on any atom is 0.227 e. The van der Waals surface area contributed by atoms with Crippen LogP contribution in [0.25, 0.3) is 22.6 Å². The quantitative estimate of drug-likeness (QED) is 0.663. The molecule has 3 nitrogen and oxygen atoms in total. The minimum atomic E-state index is 0. The van der Waals surface area contributed by atoms with Crippen LogP contribution in [0.2, 0.25) is 0 Å². The molecule has 0 atom stereocenters. The van der Waals surface area contributed by atoms with E-state index in [1.54, 1.807) is 24.3 Å². The first-order valence-electron chi connectivity index (χ1n) is 4.98. The number of benzene rings is 2. The maximum absolute atomic E-state index is 9.19. The van der Waals surface area contributed by atoms with Crippen LogP contribution in [-0.4, -0.2) is 27.5 Å². The fourth-order valence-corrected chi connectivity index (χ4v) is 1.60. The van der Waals surface area contributed by atoms with Crippen molar-refractivity contribution in [2.45, 2.75) is 0 Å². The molecular formula is C13H12AlNO2. The van der Waals surface area contributed by atoms with E-state index in [-0.39, 0.29) is 23.1 Å². The van der Waals surface area contributed by atoms with Crippen molar-refractivity contribution in [2.75, 3.05) is 0 Å². The van der Waals surface area contributed by atoms with Gasteiger partial charge in [-0.25, -0.2) is 4.98 Å². The van der Waals surface area contributed by atoms with Crippen molar-refractivity contribution >= 4 is 28.5 Å². The molecule has 1 N–H and O–H groups in total. The van der Waals surface area contributed by atoms with Crippen LogP contribution in [0.4, 0.5) is 0 Å². The molecule has 0 fully saturated rings. The van der Waals surface area contributed by atoms with Crippen LogP contribution in [-0.2, 0) is 0 Å². The molecule has 3 aromatic rings. The molecule has 0 spiro atoms. The Labute approximate surface area is 109 Å². The molecule has 0 saturated carbocycles. The maximum atomic E-state index is 9.19. The average Bonchev–Trinajstić information content (AvgIpc) is 2.73. The molecule has 0 aliphatic heterocycles. The van der Waals surface area contributed by atoms with E-state index in [9.17, 15) is 5.11 Å². The van der Waals surface area contributed by atoms with Crippen LogP contribution < -0.4 is 0 Å². The van der Waals surface area contributed by atoms with Crippen LogP contribution in [0.5, 0.6) is 5.75 Å². The SMILES string of the molecule is Oc1ccc(-c2nc3ccccc3o2)cc1.[AlH3]. The standard InChI is InChI=1S/C13H9NO2.Al.3H/c15-10-7-5-9(6-8-10)13-14-11-3-1-2-4-12(11)16-13;;;;/h1-8,15H;;;;. The second-order valence-corrected chi connectivity index (χ2v) is 3.53. The summed E-state index contributed by atoms with van der Waals surface area (Å²) in [7, 11) is 0. The number of aromatic hydroxyl groups is 1. The number of rotatable bonds is 1. The highest BCUT2D eigenvalue weighted by atomic mass is 27.0. The summed E-state index contributed by atoms with van der Waals surface area (Å²) in [5.41, 5.74) is 2.46. The van der Waals surface area contributed by atoms with Crippen LogP contribution in [0.3, 0.4) is 0 Å². The van der Waals surface area contributed by atoms with Crippen LogP contribution in [0.1, 0.15) is 0 Å². The smallest absolute Gasteiger partial charge is 0.227 e. The van der Waals surface area contributed by atoms with Gasteiger partial charge in [0.1, 0.15) is 11.3 Å². The number of hydrogen-bond acceptors (Lipinski definition) is 3. The number of nitrogens with zero attached hydrogens (tertiary/aromatic N) is 1. The Bertz CT molecular complexity index is 598. The van der Waals surface area contributed by atoms with Crippen molar-refractivity contribution < 1.29 is 9.52 Å². The molecule has 0 unspecified atom stereocenters. The van der Waals surface area contributed by atoms with Crippen molar-refractivity contribution in [2.24, 2.45) is 0 Å². The summed E-state index contributed by atoms with van der Waals surface area (Å²) in [4.78, 5) is 4.36. The van der Waals surface area contributed by atoms with Gasteiger partial charge in [0, 0.05) is 5.56 Å². The fourth-order valence-electron chi connectivity index (χ4n) is 1.60. The number of oxazole rings is 1. The Morgan fingerprint density at radius 1 is 0.941 bits per heavy atom. The molecule has 0 radical (unpaired) electrons. The van der Waals surface area contributed by atoms with E-state index in [1.165, 1.54) is 0 Å². The van der Waals surface area contributed by atoms with E-state index in [0.717, 1.165) is 16.7 Å². The first-order chi connectivity index (χ1) is 7.83. The molecule has 4 heteroatoms. The number of phenolic OH excluding ortho intramolecular Hbond substituents is 1. The van der Waals surface area contributed by atoms with Gasteiger partial charge in [-0.3, -0.25) is 0 Å².